The number of amides is 2. The van der Waals surface area contributed by atoms with E-state index in [1.165, 1.54) is 17.7 Å². The molecule has 0 saturated carbocycles. The third kappa shape index (κ3) is 4.48. The number of nitrogens with one attached hydrogen (secondary N) is 1. The Morgan fingerprint density at radius 3 is 2.62 bits per heavy atom. The van der Waals surface area contributed by atoms with Gasteiger partial charge in [-0.05, 0) is 38.0 Å². The highest BCUT2D eigenvalue weighted by atomic mass is 79.9. The SMILES string of the molecule is Cc1ccc(-c2noc(C3CCN(C(=O)Nc4ccc(Br)cc4F)CC3)n2)cc1. The van der Waals surface area contributed by atoms with Crippen molar-refractivity contribution in [2.24, 2.45) is 0 Å². The maximum Gasteiger partial charge on any atom is 0.321 e. The minimum Gasteiger partial charge on any atom is -0.339 e. The van der Waals surface area contributed by atoms with Crippen LogP contribution in [0.25, 0.3) is 11.4 Å². The molecule has 2 heterocycles. The maximum absolute atomic E-state index is 13.9. The number of hydrogen-bond donors (Lipinski definition) is 1. The van der Waals surface area contributed by atoms with Crippen LogP contribution in [0, 0.1) is 12.7 Å². The van der Waals surface area contributed by atoms with Crippen molar-refractivity contribution in [1.82, 2.24) is 15.0 Å². The second kappa shape index (κ2) is 8.32. The van der Waals surface area contributed by atoms with Crippen LogP contribution in [0.1, 0.15) is 30.2 Å². The summed E-state index contributed by atoms with van der Waals surface area (Å²) < 4.78 is 20.0. The number of piperidine rings is 1. The third-order valence-corrected chi connectivity index (χ3v) is 5.55. The Hall–Kier alpha value is -2.74. The molecule has 0 atom stereocenters. The summed E-state index contributed by atoms with van der Waals surface area (Å²) in [5.41, 5.74) is 2.25. The van der Waals surface area contributed by atoms with E-state index in [0.29, 0.717) is 42.1 Å². The van der Waals surface area contributed by atoms with E-state index in [1.807, 2.05) is 31.2 Å². The lowest BCUT2D eigenvalue weighted by Gasteiger charge is -2.30. The largest absolute Gasteiger partial charge is 0.339 e. The predicted octanol–water partition coefficient (Wildman–Crippen LogP) is 5.36. The summed E-state index contributed by atoms with van der Waals surface area (Å²) in [7, 11) is 0. The maximum atomic E-state index is 13.9. The Balaban J connectivity index is 1.35. The first-order valence-electron chi connectivity index (χ1n) is 9.41. The van der Waals surface area contributed by atoms with E-state index < -0.39 is 5.82 Å². The third-order valence-electron chi connectivity index (χ3n) is 5.06. The first-order chi connectivity index (χ1) is 14.0. The molecule has 0 radical (unpaired) electrons. The molecule has 2 aromatic carbocycles. The second-order valence-corrected chi connectivity index (χ2v) is 8.05. The summed E-state index contributed by atoms with van der Waals surface area (Å²) in [5.74, 6) is 0.803. The lowest BCUT2D eigenvalue weighted by atomic mass is 9.97. The lowest BCUT2D eigenvalue weighted by Crippen LogP contribution is -2.40. The van der Waals surface area contributed by atoms with Crippen molar-refractivity contribution in [2.45, 2.75) is 25.7 Å². The number of aryl methyl sites for hydroxylation is 1. The standard InChI is InChI=1S/C21H20BrFN4O2/c1-13-2-4-14(5-3-13)19-25-20(29-26-19)15-8-10-27(11-9-15)21(28)24-18-7-6-16(22)12-17(18)23/h2-7,12,15H,8-11H2,1H3,(H,24,28). The first kappa shape index (κ1) is 19.6. The van der Waals surface area contributed by atoms with Crippen LogP contribution in [-0.2, 0) is 0 Å². The fourth-order valence-electron chi connectivity index (χ4n) is 3.34. The van der Waals surface area contributed by atoms with E-state index in [0.717, 1.165) is 5.56 Å². The summed E-state index contributed by atoms with van der Waals surface area (Å²) in [6, 6.07) is 12.2. The van der Waals surface area contributed by atoms with Crippen LogP contribution < -0.4 is 5.32 Å². The van der Waals surface area contributed by atoms with Crippen LogP contribution in [0.15, 0.2) is 51.5 Å². The van der Waals surface area contributed by atoms with Gasteiger partial charge in [0.25, 0.3) is 0 Å². The van der Waals surface area contributed by atoms with E-state index in [1.54, 1.807) is 11.0 Å². The van der Waals surface area contributed by atoms with Crippen molar-refractivity contribution in [3.8, 4) is 11.4 Å². The monoisotopic (exact) mass is 458 g/mol. The van der Waals surface area contributed by atoms with Crippen LogP contribution in [0.3, 0.4) is 0 Å². The zero-order valence-corrected chi connectivity index (χ0v) is 17.4. The number of benzene rings is 2. The van der Waals surface area contributed by atoms with Crippen LogP contribution in [0.4, 0.5) is 14.9 Å². The quantitative estimate of drug-likeness (QED) is 0.573. The predicted molar refractivity (Wildman–Crippen MR) is 111 cm³/mol. The number of nitrogens with zero attached hydrogens (tertiary/aromatic N) is 3. The average Bonchev–Trinajstić information content (AvgIpc) is 3.21. The van der Waals surface area contributed by atoms with E-state index >= 15 is 0 Å². The minimum atomic E-state index is -0.475. The molecule has 0 spiro atoms. The topological polar surface area (TPSA) is 71.3 Å². The number of halogens is 2. The highest BCUT2D eigenvalue weighted by molar-refractivity contribution is 9.10. The Bertz CT molecular complexity index is 1010. The second-order valence-electron chi connectivity index (χ2n) is 7.14. The van der Waals surface area contributed by atoms with Crippen LogP contribution >= 0.6 is 15.9 Å². The fourth-order valence-corrected chi connectivity index (χ4v) is 3.67. The van der Waals surface area contributed by atoms with E-state index in [-0.39, 0.29) is 17.6 Å². The molecule has 1 saturated heterocycles. The molecule has 150 valence electrons. The molecule has 0 aliphatic carbocycles. The number of carbonyl (C=O) groups is 1. The molecule has 4 rings (SSSR count). The van der Waals surface area contributed by atoms with Gasteiger partial charge in [0, 0.05) is 29.0 Å². The summed E-state index contributed by atoms with van der Waals surface area (Å²) in [6.07, 6.45) is 1.43. The molecule has 8 heteroatoms. The minimum absolute atomic E-state index is 0.107. The molecule has 6 nitrogen and oxygen atoms in total. The number of likely N-dealkylation sites (tertiary alicyclic amines) is 1. The Morgan fingerprint density at radius 2 is 1.93 bits per heavy atom. The number of rotatable bonds is 3. The van der Waals surface area contributed by atoms with E-state index in [2.05, 4.69) is 31.4 Å². The molecule has 0 unspecified atom stereocenters. The molecule has 1 aliphatic rings. The van der Waals surface area contributed by atoms with Gasteiger partial charge in [-0.3, -0.25) is 0 Å². The van der Waals surface area contributed by atoms with Crippen molar-refractivity contribution in [1.29, 1.82) is 0 Å². The number of hydrogen-bond acceptors (Lipinski definition) is 4. The van der Waals surface area contributed by atoms with Gasteiger partial charge in [0.15, 0.2) is 0 Å². The zero-order chi connectivity index (χ0) is 20.4. The Kier molecular flexibility index (Phi) is 5.62. The molecular formula is C21H20BrFN4O2. The number of carbonyl (C=O) groups excluding carboxylic acids is 1. The summed E-state index contributed by atoms with van der Waals surface area (Å²) in [4.78, 5) is 18.7. The van der Waals surface area contributed by atoms with Crippen molar-refractivity contribution in [2.75, 3.05) is 18.4 Å². The Morgan fingerprint density at radius 1 is 1.21 bits per heavy atom. The summed E-state index contributed by atoms with van der Waals surface area (Å²) >= 11 is 3.20. The summed E-state index contributed by atoms with van der Waals surface area (Å²) in [5, 5.41) is 6.73. The molecule has 3 aromatic rings. The van der Waals surface area contributed by atoms with Gasteiger partial charge in [0.2, 0.25) is 11.7 Å². The van der Waals surface area contributed by atoms with Gasteiger partial charge in [-0.15, -0.1) is 0 Å². The van der Waals surface area contributed by atoms with Crippen LogP contribution in [0.2, 0.25) is 0 Å². The highest BCUT2D eigenvalue weighted by Gasteiger charge is 2.28. The number of aromatic nitrogens is 2. The van der Waals surface area contributed by atoms with Crippen LogP contribution in [-0.4, -0.2) is 34.2 Å². The van der Waals surface area contributed by atoms with Crippen molar-refractivity contribution in [3.63, 3.8) is 0 Å². The number of anilines is 1. The van der Waals surface area contributed by atoms with E-state index in [9.17, 15) is 9.18 Å². The van der Waals surface area contributed by atoms with Gasteiger partial charge in [-0.1, -0.05) is 50.9 Å². The molecule has 29 heavy (non-hydrogen) atoms. The molecule has 1 N–H and O–H groups in total. The molecule has 2 amide bonds. The van der Waals surface area contributed by atoms with Crippen LogP contribution in [0.5, 0.6) is 0 Å². The fraction of sp³-hybridized carbons (Fsp3) is 0.286. The van der Waals surface area contributed by atoms with Crippen molar-refractivity contribution in [3.05, 3.63) is 64.2 Å². The molecule has 1 aliphatic heterocycles. The molecule has 1 aromatic heterocycles. The lowest BCUT2D eigenvalue weighted by molar-refractivity contribution is 0.187. The van der Waals surface area contributed by atoms with E-state index in [4.69, 9.17) is 4.52 Å². The summed E-state index contributed by atoms with van der Waals surface area (Å²) in [6.45, 7) is 3.11. The zero-order valence-electron chi connectivity index (χ0n) is 15.9. The van der Waals surface area contributed by atoms with Gasteiger partial charge in [0.1, 0.15) is 5.82 Å². The number of urea groups is 1. The van der Waals surface area contributed by atoms with Gasteiger partial charge in [-0.2, -0.15) is 4.98 Å². The van der Waals surface area contributed by atoms with Gasteiger partial charge in [0.05, 0.1) is 5.69 Å². The molecule has 1 fully saturated rings. The van der Waals surface area contributed by atoms with Gasteiger partial charge in [-0.25, -0.2) is 9.18 Å². The highest BCUT2D eigenvalue weighted by Crippen LogP contribution is 2.29. The smallest absolute Gasteiger partial charge is 0.321 e. The van der Waals surface area contributed by atoms with Gasteiger partial charge < -0.3 is 14.7 Å². The Labute approximate surface area is 176 Å². The average molecular weight is 459 g/mol. The molecule has 0 bridgehead atoms. The van der Waals surface area contributed by atoms with Crippen molar-refractivity contribution < 1.29 is 13.7 Å². The van der Waals surface area contributed by atoms with Gasteiger partial charge >= 0.3 is 6.03 Å². The molecular weight excluding hydrogens is 439 g/mol. The first-order valence-corrected chi connectivity index (χ1v) is 10.2. The normalized spacial score (nSPS) is 14.8. The van der Waals surface area contributed by atoms with Crippen molar-refractivity contribution >= 4 is 27.6 Å².